The molecule has 0 radical (unpaired) electrons. The van der Waals surface area contributed by atoms with Gasteiger partial charge in [0.2, 0.25) is 0 Å². The molecule has 38 heavy (non-hydrogen) atoms. The van der Waals surface area contributed by atoms with E-state index in [1.807, 2.05) is 0 Å². The summed E-state index contributed by atoms with van der Waals surface area (Å²) in [5.41, 5.74) is 2.44. The van der Waals surface area contributed by atoms with E-state index in [-0.39, 0.29) is 17.2 Å². The van der Waals surface area contributed by atoms with Gasteiger partial charge in [-0.05, 0) is 122 Å². The molecule has 0 amide bonds. The van der Waals surface area contributed by atoms with Crippen molar-refractivity contribution in [1.82, 2.24) is 0 Å². The van der Waals surface area contributed by atoms with Crippen molar-refractivity contribution in [2.75, 3.05) is 7.11 Å². The average molecular weight is 547 g/mol. The molecule has 4 rings (SSSR count). The Morgan fingerprint density at radius 2 is 1.71 bits per heavy atom. The van der Waals surface area contributed by atoms with Gasteiger partial charge in [0.05, 0.1) is 12.2 Å². The Kier molecular flexibility index (Phi) is 8.84. The molecule has 0 spiro atoms. The molecule has 0 aromatic heterocycles. The smallest absolute Gasteiger partial charge is 0.192 e. The fourth-order valence-corrected chi connectivity index (χ4v) is 11.0. The number of hydrogen-bond donors (Lipinski definition) is 1. The zero-order chi connectivity index (χ0) is 28.3. The summed E-state index contributed by atoms with van der Waals surface area (Å²) < 4.78 is 12.8. The lowest BCUT2D eigenvalue weighted by molar-refractivity contribution is -0.0946. The van der Waals surface area contributed by atoms with Crippen LogP contribution in [0, 0.1) is 46.3 Å². The van der Waals surface area contributed by atoms with Crippen LogP contribution in [-0.2, 0) is 9.16 Å². The van der Waals surface area contributed by atoms with Gasteiger partial charge in [-0.15, -0.1) is 0 Å². The van der Waals surface area contributed by atoms with Crippen LogP contribution in [0.25, 0.3) is 0 Å². The minimum Gasteiger partial charge on any atom is -0.414 e. The molecular formula is C34H62O3Si. The van der Waals surface area contributed by atoms with E-state index < -0.39 is 8.32 Å². The van der Waals surface area contributed by atoms with Crippen molar-refractivity contribution in [1.29, 1.82) is 0 Å². The Hall–Kier alpha value is -0.163. The number of hydrogen-bond acceptors (Lipinski definition) is 3. The molecule has 1 N–H and O–H groups in total. The molecule has 220 valence electrons. The fourth-order valence-electron chi connectivity index (χ4n) is 9.64. The van der Waals surface area contributed by atoms with E-state index in [1.165, 1.54) is 44.9 Å². The van der Waals surface area contributed by atoms with E-state index >= 15 is 0 Å². The summed E-state index contributed by atoms with van der Waals surface area (Å²) in [7, 11) is 0.0437. The number of methoxy groups -OCH3 is 1. The van der Waals surface area contributed by atoms with E-state index in [4.69, 9.17) is 9.16 Å². The molecule has 0 heterocycles. The maximum atomic E-state index is 11.4. The van der Waals surface area contributed by atoms with Gasteiger partial charge >= 0.3 is 0 Å². The lowest BCUT2D eigenvalue weighted by Crippen LogP contribution is -2.52. The number of allylic oxidation sites excluding steroid dienone is 1. The van der Waals surface area contributed by atoms with Crippen LogP contribution in [0.5, 0.6) is 0 Å². The van der Waals surface area contributed by atoms with Gasteiger partial charge in [0.1, 0.15) is 0 Å². The first-order valence-electron chi connectivity index (χ1n) is 16.1. The van der Waals surface area contributed by atoms with E-state index in [0.29, 0.717) is 34.7 Å². The summed E-state index contributed by atoms with van der Waals surface area (Å²) in [4.78, 5) is 0. The molecular weight excluding hydrogens is 484 g/mol. The Bertz CT molecular complexity index is 858. The van der Waals surface area contributed by atoms with Crippen molar-refractivity contribution in [3.05, 3.63) is 11.6 Å². The highest BCUT2D eigenvalue weighted by atomic mass is 28.4. The second kappa shape index (κ2) is 10.9. The second-order valence-electron chi connectivity index (χ2n) is 16.5. The molecule has 0 aromatic rings. The highest BCUT2D eigenvalue weighted by molar-refractivity contribution is 6.74. The standard InChI is InChI=1S/C34H62O3Si/c1-22(2)20-30(36-9)31(35)23(3)27-14-15-28-26-13-12-24-21-25(37-38(10,11)32(4,5)6)16-18-33(24,7)29(26)17-19-34(27,28)8/h12,22-23,25-31,35H,13-21H2,1-11H3/t23-,25-,26?,27?,28?,29?,30-,31-,33-,34+/m0/s1. The highest BCUT2D eigenvalue weighted by Gasteiger charge is 2.60. The predicted octanol–water partition coefficient (Wildman–Crippen LogP) is 9.01. The highest BCUT2D eigenvalue weighted by Crippen LogP contribution is 2.67. The average Bonchev–Trinajstić information content (AvgIpc) is 3.18. The van der Waals surface area contributed by atoms with Crippen molar-refractivity contribution in [3.63, 3.8) is 0 Å². The van der Waals surface area contributed by atoms with Crippen LogP contribution in [0.3, 0.4) is 0 Å². The molecule has 0 aliphatic heterocycles. The van der Waals surface area contributed by atoms with Gasteiger partial charge < -0.3 is 14.3 Å². The molecule has 4 aliphatic carbocycles. The fraction of sp³-hybridized carbons (Fsp3) is 0.941. The predicted molar refractivity (Wildman–Crippen MR) is 163 cm³/mol. The maximum Gasteiger partial charge on any atom is 0.192 e. The monoisotopic (exact) mass is 546 g/mol. The van der Waals surface area contributed by atoms with Crippen LogP contribution in [-0.4, -0.2) is 38.8 Å². The quantitative estimate of drug-likeness (QED) is 0.244. The van der Waals surface area contributed by atoms with E-state index in [9.17, 15) is 5.11 Å². The molecule has 0 bridgehead atoms. The van der Waals surface area contributed by atoms with Gasteiger partial charge in [0, 0.05) is 13.2 Å². The SMILES string of the molecule is CO[C@@H](CC(C)C)[C@@H](O)[C@@H](C)C1CCC2C3CC=C4C[C@@H](O[Si](C)(C)C(C)(C)C)CC[C@]4(C)C3CC[C@@]21C. The molecule has 0 saturated heterocycles. The first-order valence-corrected chi connectivity index (χ1v) is 19.0. The van der Waals surface area contributed by atoms with Crippen LogP contribution in [0.1, 0.15) is 113 Å². The lowest BCUT2D eigenvalue weighted by atomic mass is 9.47. The van der Waals surface area contributed by atoms with Crippen LogP contribution in [0.4, 0.5) is 0 Å². The summed E-state index contributed by atoms with van der Waals surface area (Å²) in [6, 6.07) is 0. The van der Waals surface area contributed by atoms with Gasteiger partial charge in [-0.1, -0.05) is 67.0 Å². The van der Waals surface area contributed by atoms with Crippen molar-refractivity contribution in [2.45, 2.75) is 150 Å². The van der Waals surface area contributed by atoms with E-state index in [0.717, 1.165) is 30.6 Å². The van der Waals surface area contributed by atoms with Gasteiger partial charge in [0.15, 0.2) is 8.32 Å². The summed E-state index contributed by atoms with van der Waals surface area (Å²) >= 11 is 0. The molecule has 3 saturated carbocycles. The van der Waals surface area contributed by atoms with Crippen molar-refractivity contribution < 1.29 is 14.3 Å². The minimum absolute atomic E-state index is 0.0493. The zero-order valence-corrected chi connectivity index (χ0v) is 27.9. The Labute approximate surface area is 237 Å². The Balaban J connectivity index is 1.49. The molecule has 10 atom stereocenters. The van der Waals surface area contributed by atoms with Gasteiger partial charge in [0.25, 0.3) is 0 Å². The largest absolute Gasteiger partial charge is 0.414 e. The number of aliphatic hydroxyl groups excluding tert-OH is 1. The first-order chi connectivity index (χ1) is 17.5. The minimum atomic E-state index is -1.74. The lowest BCUT2D eigenvalue weighted by Gasteiger charge is -2.59. The Morgan fingerprint density at radius 1 is 1.03 bits per heavy atom. The number of fused-ring (bicyclic) bond motifs is 5. The number of aliphatic hydroxyl groups is 1. The zero-order valence-electron chi connectivity index (χ0n) is 26.9. The van der Waals surface area contributed by atoms with Crippen molar-refractivity contribution in [2.24, 2.45) is 46.3 Å². The van der Waals surface area contributed by atoms with Crippen LogP contribution < -0.4 is 0 Å². The van der Waals surface area contributed by atoms with Crippen LogP contribution in [0.2, 0.25) is 18.1 Å². The molecule has 3 nitrogen and oxygen atoms in total. The molecule has 4 heteroatoms. The molecule has 4 aliphatic rings. The van der Waals surface area contributed by atoms with Gasteiger partial charge in [-0.3, -0.25) is 0 Å². The van der Waals surface area contributed by atoms with Crippen LogP contribution in [0.15, 0.2) is 11.6 Å². The topological polar surface area (TPSA) is 38.7 Å². The molecule has 0 aromatic carbocycles. The Morgan fingerprint density at radius 3 is 2.32 bits per heavy atom. The third kappa shape index (κ3) is 5.39. The van der Waals surface area contributed by atoms with Crippen molar-refractivity contribution in [3.8, 4) is 0 Å². The third-order valence-electron chi connectivity index (χ3n) is 13.0. The van der Waals surface area contributed by atoms with Gasteiger partial charge in [-0.25, -0.2) is 0 Å². The number of rotatable bonds is 8. The summed E-state index contributed by atoms with van der Waals surface area (Å²) in [6.07, 6.45) is 13.9. The van der Waals surface area contributed by atoms with E-state index in [1.54, 1.807) is 12.7 Å². The van der Waals surface area contributed by atoms with Crippen molar-refractivity contribution >= 4 is 8.32 Å². The molecule has 4 unspecified atom stereocenters. The summed E-state index contributed by atoms with van der Waals surface area (Å²) in [6.45, 7) is 23.9. The van der Waals surface area contributed by atoms with Crippen LogP contribution >= 0.6 is 0 Å². The second-order valence-corrected chi connectivity index (χ2v) is 21.2. The number of ether oxygens (including phenoxy) is 1. The van der Waals surface area contributed by atoms with E-state index in [2.05, 4.69) is 74.6 Å². The molecule has 3 fully saturated rings. The normalized spacial score (nSPS) is 40.1. The first kappa shape index (κ1) is 30.8. The summed E-state index contributed by atoms with van der Waals surface area (Å²) in [5.74, 6) is 3.85. The summed E-state index contributed by atoms with van der Waals surface area (Å²) in [5, 5.41) is 11.7. The maximum absolute atomic E-state index is 11.4. The van der Waals surface area contributed by atoms with Gasteiger partial charge in [-0.2, -0.15) is 0 Å². The third-order valence-corrected chi connectivity index (χ3v) is 17.5.